The Bertz CT molecular complexity index is 1150. The minimum atomic E-state index is 0.000586. The van der Waals surface area contributed by atoms with E-state index in [4.69, 9.17) is 0 Å². The smallest absolute Gasteiger partial charge is 0.217 e. The molecule has 9 nitrogen and oxygen atoms in total. The zero-order valence-corrected chi connectivity index (χ0v) is 17.6. The fraction of sp³-hybridized carbons (Fsp3) is 0.318. The van der Waals surface area contributed by atoms with E-state index in [1.807, 2.05) is 29.8 Å². The summed E-state index contributed by atoms with van der Waals surface area (Å²) in [4.78, 5) is 20.9. The lowest BCUT2D eigenvalue weighted by molar-refractivity contribution is 0.0971. The van der Waals surface area contributed by atoms with Gasteiger partial charge in [0, 0.05) is 30.8 Å². The van der Waals surface area contributed by atoms with Gasteiger partial charge in [-0.15, -0.1) is 15.3 Å². The third kappa shape index (κ3) is 4.55. The van der Waals surface area contributed by atoms with Gasteiger partial charge in [0.05, 0.1) is 6.54 Å². The molecule has 0 aliphatic rings. The molecule has 0 saturated carbocycles. The Morgan fingerprint density at radius 1 is 1.06 bits per heavy atom. The minimum absolute atomic E-state index is 0.000586. The Morgan fingerprint density at radius 3 is 2.61 bits per heavy atom. The topological polar surface area (TPSA) is 115 Å². The van der Waals surface area contributed by atoms with Crippen LogP contribution >= 0.6 is 0 Å². The van der Waals surface area contributed by atoms with Gasteiger partial charge in [-0.3, -0.25) is 9.78 Å². The van der Waals surface area contributed by atoms with E-state index in [1.54, 1.807) is 12.4 Å². The van der Waals surface area contributed by atoms with Crippen LogP contribution < -0.4 is 0 Å². The van der Waals surface area contributed by atoms with Gasteiger partial charge in [-0.05, 0) is 40.8 Å². The first-order valence-corrected chi connectivity index (χ1v) is 10.4. The van der Waals surface area contributed by atoms with Crippen molar-refractivity contribution >= 4 is 5.78 Å². The predicted octanol–water partition coefficient (Wildman–Crippen LogP) is 3.50. The fourth-order valence-electron chi connectivity index (χ4n) is 3.43. The molecular weight excluding hydrogens is 392 g/mol. The number of nitrogens with one attached hydrogen (secondary N) is 1. The molecule has 1 aromatic carbocycles. The normalized spacial score (nSPS) is 11.0. The monoisotopic (exact) mass is 416 g/mol. The first-order chi connectivity index (χ1) is 15.2. The van der Waals surface area contributed by atoms with Crippen LogP contribution in [0, 0.1) is 0 Å². The molecule has 0 unspecified atom stereocenters. The lowest BCUT2D eigenvalue weighted by Gasteiger charge is -2.09. The maximum atomic E-state index is 12.2. The van der Waals surface area contributed by atoms with Gasteiger partial charge in [0.1, 0.15) is 5.82 Å². The number of H-pyrrole nitrogens is 1. The second-order valence-corrected chi connectivity index (χ2v) is 7.29. The number of benzene rings is 1. The van der Waals surface area contributed by atoms with Crippen LogP contribution in [0.5, 0.6) is 0 Å². The number of tetrazole rings is 1. The third-order valence-electron chi connectivity index (χ3n) is 4.95. The largest absolute Gasteiger partial charge is 0.291 e. The van der Waals surface area contributed by atoms with Crippen molar-refractivity contribution in [2.24, 2.45) is 0 Å². The summed E-state index contributed by atoms with van der Waals surface area (Å²) in [6.07, 6.45) is 6.47. The molecule has 31 heavy (non-hydrogen) atoms. The van der Waals surface area contributed by atoms with Gasteiger partial charge in [-0.1, -0.05) is 38.1 Å². The zero-order valence-electron chi connectivity index (χ0n) is 17.6. The number of Topliss-reactive ketones (excluding diaryl/α,β-unsaturated/α-hetero) is 1. The summed E-state index contributed by atoms with van der Waals surface area (Å²) < 4.78 is 1.85. The fourth-order valence-corrected chi connectivity index (χ4v) is 3.43. The first-order valence-electron chi connectivity index (χ1n) is 10.4. The number of aromatic amines is 1. The number of aryl methyl sites for hydroxylation is 1. The van der Waals surface area contributed by atoms with Gasteiger partial charge < -0.3 is 0 Å². The highest BCUT2D eigenvalue weighted by Gasteiger charge is 2.16. The maximum absolute atomic E-state index is 12.2. The van der Waals surface area contributed by atoms with Crippen LogP contribution in [0.15, 0.2) is 42.7 Å². The van der Waals surface area contributed by atoms with Crippen molar-refractivity contribution in [3.63, 3.8) is 0 Å². The minimum Gasteiger partial charge on any atom is -0.291 e. The molecule has 0 amide bonds. The molecule has 9 heteroatoms. The van der Waals surface area contributed by atoms with Crippen LogP contribution in [0.3, 0.4) is 0 Å². The number of pyridine rings is 1. The molecule has 0 saturated heterocycles. The van der Waals surface area contributed by atoms with E-state index >= 15 is 0 Å². The third-order valence-corrected chi connectivity index (χ3v) is 4.95. The molecule has 0 fully saturated rings. The predicted molar refractivity (Wildman–Crippen MR) is 115 cm³/mol. The van der Waals surface area contributed by atoms with Gasteiger partial charge >= 0.3 is 0 Å². The van der Waals surface area contributed by atoms with E-state index in [-0.39, 0.29) is 5.78 Å². The number of hydrogen-bond donors (Lipinski definition) is 1. The van der Waals surface area contributed by atoms with Gasteiger partial charge in [-0.2, -0.15) is 5.21 Å². The Labute approximate surface area is 180 Å². The van der Waals surface area contributed by atoms with Crippen molar-refractivity contribution in [1.29, 1.82) is 0 Å². The molecule has 0 aliphatic heterocycles. The van der Waals surface area contributed by atoms with E-state index in [1.165, 1.54) is 0 Å². The average molecular weight is 416 g/mol. The molecule has 1 N–H and O–H groups in total. The van der Waals surface area contributed by atoms with Gasteiger partial charge in [0.25, 0.3) is 0 Å². The Hall–Kier alpha value is -3.75. The van der Waals surface area contributed by atoms with Gasteiger partial charge in [0.2, 0.25) is 17.4 Å². The van der Waals surface area contributed by atoms with E-state index in [0.717, 1.165) is 47.3 Å². The summed E-state index contributed by atoms with van der Waals surface area (Å²) in [7, 11) is 0. The van der Waals surface area contributed by atoms with Crippen LogP contribution in [-0.4, -0.2) is 46.2 Å². The van der Waals surface area contributed by atoms with Gasteiger partial charge in [0.15, 0.2) is 0 Å². The lowest BCUT2D eigenvalue weighted by atomic mass is 10.00. The molecule has 0 bridgehead atoms. The van der Waals surface area contributed by atoms with Crippen molar-refractivity contribution in [3.05, 3.63) is 59.9 Å². The second-order valence-electron chi connectivity index (χ2n) is 7.29. The van der Waals surface area contributed by atoms with E-state index in [2.05, 4.69) is 54.7 Å². The molecule has 3 aromatic heterocycles. The highest BCUT2D eigenvalue weighted by molar-refractivity contribution is 5.92. The molecule has 4 rings (SSSR count). The van der Waals surface area contributed by atoms with E-state index in [0.29, 0.717) is 24.6 Å². The molecule has 0 spiro atoms. The van der Waals surface area contributed by atoms with Crippen LogP contribution in [0.25, 0.3) is 22.5 Å². The van der Waals surface area contributed by atoms with Gasteiger partial charge in [-0.25, -0.2) is 9.67 Å². The number of nitrogens with zero attached hydrogens (tertiary/aromatic N) is 7. The zero-order chi connectivity index (χ0) is 21.6. The first kappa shape index (κ1) is 20.5. The second kappa shape index (κ2) is 9.38. The number of ketones is 1. The molecule has 158 valence electrons. The van der Waals surface area contributed by atoms with Crippen molar-refractivity contribution in [2.75, 3.05) is 0 Å². The quantitative estimate of drug-likeness (QED) is 0.415. The van der Waals surface area contributed by atoms with E-state index < -0.39 is 0 Å². The van der Waals surface area contributed by atoms with Crippen LogP contribution in [0.1, 0.15) is 55.1 Å². The standard InChI is InChI=1S/C22H24N8O/c1-3-5-19(31)22-24-20(6-4-2)30(27-22)14-15-7-9-16(10-8-15)17-11-12-23-13-18(17)21-25-28-29-26-21/h7-13H,3-6,14H2,1-2H3,(H,25,26,28,29). The number of hydrogen-bond acceptors (Lipinski definition) is 7. The lowest BCUT2D eigenvalue weighted by Crippen LogP contribution is -2.07. The van der Waals surface area contributed by atoms with Crippen LogP contribution in [0.4, 0.5) is 0 Å². The Kier molecular flexibility index (Phi) is 6.21. The van der Waals surface area contributed by atoms with Crippen molar-refractivity contribution in [2.45, 2.75) is 46.1 Å². The Morgan fingerprint density at radius 2 is 1.90 bits per heavy atom. The number of carbonyl (C=O) groups is 1. The SMILES string of the molecule is CCCC(=O)c1nc(CCC)n(Cc2ccc(-c3ccncc3-c3nn[nH]n3)cc2)n1. The maximum Gasteiger partial charge on any atom is 0.217 e. The summed E-state index contributed by atoms with van der Waals surface area (Å²) in [5.41, 5.74) is 3.89. The van der Waals surface area contributed by atoms with Crippen LogP contribution in [0.2, 0.25) is 0 Å². The summed E-state index contributed by atoms with van der Waals surface area (Å²) in [6, 6.07) is 10.1. The van der Waals surface area contributed by atoms with Crippen molar-refractivity contribution in [3.8, 4) is 22.5 Å². The number of rotatable bonds is 9. The van der Waals surface area contributed by atoms with Crippen molar-refractivity contribution < 1.29 is 4.79 Å². The molecule has 0 radical (unpaired) electrons. The molecule has 0 aliphatic carbocycles. The van der Waals surface area contributed by atoms with E-state index in [9.17, 15) is 4.79 Å². The summed E-state index contributed by atoms with van der Waals surface area (Å²) >= 11 is 0. The highest BCUT2D eigenvalue weighted by Crippen LogP contribution is 2.29. The number of carbonyl (C=O) groups excluding carboxylic acids is 1. The van der Waals surface area contributed by atoms with Crippen molar-refractivity contribution in [1.82, 2.24) is 40.4 Å². The molecule has 4 aromatic rings. The molecule has 0 atom stereocenters. The summed E-state index contributed by atoms with van der Waals surface area (Å²) in [6.45, 7) is 4.64. The highest BCUT2D eigenvalue weighted by atomic mass is 16.1. The Balaban J connectivity index is 1.58. The molecule has 3 heterocycles. The van der Waals surface area contributed by atoms with Crippen LogP contribution in [-0.2, 0) is 13.0 Å². The molecular formula is C22H24N8O. The summed E-state index contributed by atoms with van der Waals surface area (Å²) in [5.74, 6) is 1.67. The number of aromatic nitrogens is 8. The average Bonchev–Trinajstić information content (AvgIpc) is 3.46. The summed E-state index contributed by atoms with van der Waals surface area (Å²) in [5, 5.41) is 18.7.